The van der Waals surface area contributed by atoms with Gasteiger partial charge in [-0.15, -0.1) is 0 Å². The lowest BCUT2D eigenvalue weighted by Crippen LogP contribution is -2.31. The first kappa shape index (κ1) is 16.3. The normalized spacial score (nSPS) is 10.8. The van der Waals surface area contributed by atoms with Gasteiger partial charge < -0.3 is 15.2 Å². The van der Waals surface area contributed by atoms with Crippen LogP contribution in [0.3, 0.4) is 0 Å². The van der Waals surface area contributed by atoms with Crippen LogP contribution in [0.2, 0.25) is 5.02 Å². The van der Waals surface area contributed by atoms with Crippen LogP contribution in [0.4, 0.5) is 4.79 Å². The minimum absolute atomic E-state index is 0.0662. The number of aliphatic carboxylic acids is 1. The molecule has 0 fully saturated rings. The van der Waals surface area contributed by atoms with Gasteiger partial charge in [0, 0.05) is 5.02 Å². The fourth-order valence-corrected chi connectivity index (χ4v) is 2.42. The first-order chi connectivity index (χ1) is 9.31. The summed E-state index contributed by atoms with van der Waals surface area (Å²) in [5, 5.41) is 10.7. The largest absolute Gasteiger partial charge is 0.480 e. The Balaban J connectivity index is 2.46. The van der Waals surface area contributed by atoms with Crippen LogP contribution in [0.5, 0.6) is 0 Å². The summed E-state index contributed by atoms with van der Waals surface area (Å²) in [6.45, 7) is -0.973. The van der Waals surface area contributed by atoms with Gasteiger partial charge in [0.05, 0.1) is 10.6 Å². The summed E-state index contributed by atoms with van der Waals surface area (Å²) in [7, 11) is -3.58. The van der Waals surface area contributed by atoms with Crippen molar-refractivity contribution < 1.29 is 27.9 Å². The van der Waals surface area contributed by atoms with Gasteiger partial charge in [0.15, 0.2) is 9.84 Å². The third-order valence-electron chi connectivity index (χ3n) is 2.14. The van der Waals surface area contributed by atoms with Gasteiger partial charge in [0.1, 0.15) is 13.2 Å². The SMILES string of the molecule is O=C(O)CNC(=O)OCCS(=O)(=O)c1ccc(Cl)cc1. The monoisotopic (exact) mass is 321 g/mol. The third-order valence-corrected chi connectivity index (χ3v) is 4.09. The highest BCUT2D eigenvalue weighted by Crippen LogP contribution is 2.15. The Hall–Kier alpha value is -1.80. The van der Waals surface area contributed by atoms with Gasteiger partial charge in [-0.25, -0.2) is 13.2 Å². The Morgan fingerprint density at radius 3 is 2.40 bits per heavy atom. The van der Waals surface area contributed by atoms with Crippen molar-refractivity contribution in [3.8, 4) is 0 Å². The predicted molar refractivity (Wildman–Crippen MR) is 70.5 cm³/mol. The average molecular weight is 322 g/mol. The maximum absolute atomic E-state index is 11.8. The summed E-state index contributed by atoms with van der Waals surface area (Å²) in [6, 6.07) is 5.58. The summed E-state index contributed by atoms with van der Waals surface area (Å²) in [6.07, 6.45) is -0.987. The molecule has 0 unspecified atom stereocenters. The summed E-state index contributed by atoms with van der Waals surface area (Å²) >= 11 is 5.65. The molecule has 0 aliphatic heterocycles. The van der Waals surface area contributed by atoms with Crippen LogP contribution in [-0.4, -0.2) is 44.5 Å². The molecule has 0 spiro atoms. The van der Waals surface area contributed by atoms with Gasteiger partial charge in [-0.3, -0.25) is 4.79 Å². The maximum Gasteiger partial charge on any atom is 0.407 e. The second-order valence-corrected chi connectivity index (χ2v) is 6.20. The molecule has 1 aromatic carbocycles. The minimum atomic E-state index is -3.58. The maximum atomic E-state index is 11.8. The van der Waals surface area contributed by atoms with E-state index in [-0.39, 0.29) is 11.5 Å². The molecule has 0 saturated carbocycles. The van der Waals surface area contributed by atoms with Crippen LogP contribution < -0.4 is 5.32 Å². The molecule has 0 saturated heterocycles. The molecule has 1 rings (SSSR count). The van der Waals surface area contributed by atoms with Gasteiger partial charge in [0.2, 0.25) is 0 Å². The molecule has 0 aromatic heterocycles. The van der Waals surface area contributed by atoms with Crippen molar-refractivity contribution >= 4 is 33.5 Å². The second kappa shape index (κ2) is 7.11. The Kier molecular flexibility index (Phi) is 5.78. The first-order valence-corrected chi connectivity index (χ1v) is 7.45. The molecule has 20 heavy (non-hydrogen) atoms. The van der Waals surface area contributed by atoms with Crippen LogP contribution in [-0.2, 0) is 19.4 Å². The summed E-state index contributed by atoms with van der Waals surface area (Å²) in [4.78, 5) is 21.2. The number of carbonyl (C=O) groups is 2. The molecule has 7 nitrogen and oxygen atoms in total. The molecule has 0 atom stereocenters. The molecule has 0 radical (unpaired) electrons. The number of carboxylic acids is 1. The number of ether oxygens (including phenoxy) is 1. The third kappa shape index (κ3) is 5.45. The highest BCUT2D eigenvalue weighted by atomic mass is 35.5. The van der Waals surface area contributed by atoms with E-state index in [1.807, 2.05) is 5.32 Å². The van der Waals surface area contributed by atoms with E-state index in [4.69, 9.17) is 16.7 Å². The van der Waals surface area contributed by atoms with Crippen molar-refractivity contribution in [2.75, 3.05) is 18.9 Å². The number of hydrogen-bond donors (Lipinski definition) is 2. The topological polar surface area (TPSA) is 110 Å². The fraction of sp³-hybridized carbons (Fsp3) is 0.273. The lowest BCUT2D eigenvalue weighted by atomic mass is 10.4. The van der Waals surface area contributed by atoms with E-state index in [1.165, 1.54) is 24.3 Å². The lowest BCUT2D eigenvalue weighted by molar-refractivity contribution is -0.135. The Labute approximate surface area is 120 Å². The number of benzene rings is 1. The molecule has 1 aromatic rings. The van der Waals surface area contributed by atoms with Crippen molar-refractivity contribution in [3.05, 3.63) is 29.3 Å². The fourth-order valence-electron chi connectivity index (χ4n) is 1.20. The van der Waals surface area contributed by atoms with Crippen LogP contribution in [0, 0.1) is 0 Å². The molecule has 0 aliphatic carbocycles. The number of nitrogens with one attached hydrogen (secondary N) is 1. The van der Waals surface area contributed by atoms with Crippen LogP contribution in [0.25, 0.3) is 0 Å². The van der Waals surface area contributed by atoms with Crippen molar-refractivity contribution in [2.45, 2.75) is 4.90 Å². The Morgan fingerprint density at radius 1 is 1.25 bits per heavy atom. The molecular formula is C11H12ClNO6S. The number of carboxylic acid groups (broad SMARTS) is 1. The van der Waals surface area contributed by atoms with Crippen molar-refractivity contribution in [1.82, 2.24) is 5.32 Å². The standard InChI is InChI=1S/C11H12ClNO6S/c12-8-1-3-9(4-2-8)20(17,18)6-5-19-11(16)13-7-10(14)15/h1-4H,5-7H2,(H,13,16)(H,14,15). The molecule has 0 bridgehead atoms. The number of hydrogen-bond acceptors (Lipinski definition) is 5. The van der Waals surface area contributed by atoms with Gasteiger partial charge in [-0.1, -0.05) is 11.6 Å². The molecular weight excluding hydrogens is 310 g/mol. The number of rotatable bonds is 6. The zero-order valence-corrected chi connectivity index (χ0v) is 11.8. The van der Waals surface area contributed by atoms with Crippen LogP contribution >= 0.6 is 11.6 Å². The minimum Gasteiger partial charge on any atom is -0.480 e. The van der Waals surface area contributed by atoms with E-state index < -0.39 is 34.2 Å². The van der Waals surface area contributed by atoms with E-state index >= 15 is 0 Å². The van der Waals surface area contributed by atoms with E-state index in [9.17, 15) is 18.0 Å². The number of halogens is 1. The molecule has 110 valence electrons. The van der Waals surface area contributed by atoms with Gasteiger partial charge in [-0.05, 0) is 24.3 Å². The second-order valence-electron chi connectivity index (χ2n) is 3.66. The first-order valence-electron chi connectivity index (χ1n) is 5.42. The van der Waals surface area contributed by atoms with Crippen LogP contribution in [0.1, 0.15) is 0 Å². The summed E-state index contributed by atoms with van der Waals surface area (Å²) < 4.78 is 28.2. The van der Waals surface area contributed by atoms with E-state index in [1.54, 1.807) is 0 Å². The number of sulfone groups is 1. The van der Waals surface area contributed by atoms with Crippen molar-refractivity contribution in [2.24, 2.45) is 0 Å². The molecule has 9 heteroatoms. The smallest absolute Gasteiger partial charge is 0.407 e. The average Bonchev–Trinajstić information content (AvgIpc) is 2.36. The molecule has 0 heterocycles. The van der Waals surface area contributed by atoms with Gasteiger partial charge in [-0.2, -0.15) is 0 Å². The predicted octanol–water partition coefficient (Wildman–Crippen LogP) is 0.925. The number of carbonyl (C=O) groups excluding carboxylic acids is 1. The molecule has 0 aliphatic rings. The summed E-state index contributed by atoms with van der Waals surface area (Å²) in [5.74, 6) is -1.63. The number of alkyl carbamates (subject to hydrolysis) is 1. The van der Waals surface area contributed by atoms with Gasteiger partial charge in [0.25, 0.3) is 0 Å². The Morgan fingerprint density at radius 2 is 1.85 bits per heavy atom. The van der Waals surface area contributed by atoms with E-state index in [0.717, 1.165) is 0 Å². The van der Waals surface area contributed by atoms with Gasteiger partial charge >= 0.3 is 12.1 Å². The Bertz CT molecular complexity index is 583. The zero-order chi connectivity index (χ0) is 15.2. The van der Waals surface area contributed by atoms with E-state index in [2.05, 4.69) is 4.74 Å². The van der Waals surface area contributed by atoms with E-state index in [0.29, 0.717) is 5.02 Å². The molecule has 1 amide bonds. The highest BCUT2D eigenvalue weighted by Gasteiger charge is 2.15. The highest BCUT2D eigenvalue weighted by molar-refractivity contribution is 7.91. The van der Waals surface area contributed by atoms with Crippen LogP contribution in [0.15, 0.2) is 29.2 Å². The lowest BCUT2D eigenvalue weighted by Gasteiger charge is -2.06. The zero-order valence-electron chi connectivity index (χ0n) is 10.2. The van der Waals surface area contributed by atoms with Crippen molar-refractivity contribution in [3.63, 3.8) is 0 Å². The molecule has 2 N–H and O–H groups in total. The van der Waals surface area contributed by atoms with Crippen molar-refractivity contribution in [1.29, 1.82) is 0 Å². The number of amides is 1. The summed E-state index contributed by atoms with van der Waals surface area (Å²) in [5.41, 5.74) is 0. The quantitative estimate of drug-likeness (QED) is 0.806.